The maximum absolute atomic E-state index is 14.3. The first-order valence-electron chi connectivity index (χ1n) is 44.2. The first-order chi connectivity index (χ1) is 64.2. The Kier molecular flexibility index (Phi) is 17.1. The van der Waals surface area contributed by atoms with Crippen molar-refractivity contribution in [3.63, 3.8) is 0 Å². The molecule has 120 heavy (non-hydrogen) atoms. The molecule has 16 rings (SSSR count). The number of benzene rings is 4. The average Bonchev–Trinajstić information content (AvgIpc) is 1.35. The van der Waals surface area contributed by atoms with Gasteiger partial charge in [-0.1, -0.05) is 26.3 Å². The third-order valence-corrected chi connectivity index (χ3v) is 18.8. The standard InChI is InChI=1S/4C21H19FN6O2/c4*1-11-15-8-13(22)5-6-14(15)21(29)27(3)10-16-18(20(24-2)28(4)26-16)12-7-17(30-11)19(23)25-9-12/h4*5-9,11H,10H2,1,3-4H3,(H2,23,25)/t4*11-/m1110/s1/i2*3D3,10D2;10D2;1D3,10D2,11D. The average molecular weight is 1640 g/mol. The highest BCUT2D eigenvalue weighted by molar-refractivity contribution is 5.99. The number of carbonyl (C=O) groups is 4. The Morgan fingerprint density at radius 3 is 0.892 bits per heavy atom. The molecule has 608 valence electrons. The first kappa shape index (κ1) is 61.7. The molecule has 8 bridgehead atoms. The van der Waals surface area contributed by atoms with Crippen molar-refractivity contribution in [2.75, 3.05) is 51.0 Å². The third-order valence-electron chi connectivity index (χ3n) is 18.8. The lowest BCUT2D eigenvalue weighted by molar-refractivity contribution is 0.0771. The van der Waals surface area contributed by atoms with Crippen LogP contribution in [0.2, 0.25) is 0 Å². The fourth-order valence-corrected chi connectivity index (χ4v) is 13.0. The summed E-state index contributed by atoms with van der Waals surface area (Å²) in [5.41, 5.74) is 21.7. The molecular weight excluding hydrogens is 1550 g/mol. The Morgan fingerprint density at radius 2 is 0.633 bits per heavy atom. The Hall–Kier alpha value is -15.7. The van der Waals surface area contributed by atoms with E-state index < -0.39 is 146 Å². The highest BCUT2D eigenvalue weighted by Gasteiger charge is 2.34. The van der Waals surface area contributed by atoms with Crippen LogP contribution in [0.5, 0.6) is 23.0 Å². The van der Waals surface area contributed by atoms with Crippen molar-refractivity contribution in [2.24, 2.45) is 28.2 Å². The van der Waals surface area contributed by atoms with Gasteiger partial charge in [-0.25, -0.2) is 56.2 Å². The van der Waals surface area contributed by atoms with Gasteiger partial charge in [0.05, 0.1) is 66.5 Å². The minimum Gasteiger partial charge on any atom is -0.482 e. The van der Waals surface area contributed by atoms with E-state index in [1.54, 1.807) is 6.92 Å². The molecule has 8 aromatic heterocycles. The van der Waals surface area contributed by atoms with E-state index in [1.165, 1.54) is 115 Å². The number of amides is 4. The number of carbonyl (C=O) groups excluding carboxylic acids is 4. The molecule has 0 saturated heterocycles. The molecule has 0 radical (unpaired) electrons. The summed E-state index contributed by atoms with van der Waals surface area (Å²) in [6.45, 7) is 14.0. The molecule has 36 heteroatoms. The van der Waals surface area contributed by atoms with Crippen molar-refractivity contribution < 1.29 is 80.4 Å². The Morgan fingerprint density at radius 1 is 0.392 bits per heavy atom. The van der Waals surface area contributed by atoms with Crippen LogP contribution < -0.4 is 41.9 Å². The number of halogens is 4. The summed E-state index contributed by atoms with van der Waals surface area (Å²) in [4.78, 5) is 85.8. The maximum Gasteiger partial charge on any atom is 0.260 e. The van der Waals surface area contributed by atoms with Crippen LogP contribution >= 0.6 is 0 Å². The topological polar surface area (TPSA) is 363 Å². The molecule has 0 saturated carbocycles. The molecule has 0 unspecified atom stereocenters. The zero-order valence-electron chi connectivity index (χ0n) is 82.3. The van der Waals surface area contributed by atoms with E-state index in [0.717, 1.165) is 80.6 Å². The van der Waals surface area contributed by atoms with E-state index in [9.17, 15) is 36.7 Å². The Bertz CT molecular complexity index is 7010. The second-order valence-electron chi connectivity index (χ2n) is 26.6. The fraction of sp³-hybridized carbons (Fsp3) is 0.238. The molecular formula is C84H76F4N24O8. The van der Waals surface area contributed by atoms with Gasteiger partial charge < -0.3 is 80.9 Å². The van der Waals surface area contributed by atoms with E-state index >= 15 is 0 Å². The number of fused-ring (bicyclic) bond motifs is 20. The fourth-order valence-electron chi connectivity index (χ4n) is 13.0. The quantitative estimate of drug-likeness (QED) is 0.0809. The van der Waals surface area contributed by atoms with Gasteiger partial charge in [-0.15, -0.1) is 20.4 Å². The smallest absolute Gasteiger partial charge is 0.260 e. The predicted octanol–water partition coefficient (Wildman–Crippen LogP) is 13.9. The van der Waals surface area contributed by atoms with Gasteiger partial charge in [-0.3, -0.25) is 19.2 Å². The summed E-state index contributed by atoms with van der Waals surface area (Å²) in [5, 5.41) is 16.5. The van der Waals surface area contributed by atoms with Crippen LogP contribution in [0.25, 0.3) is 63.9 Å². The molecule has 4 aliphatic heterocycles. The monoisotopic (exact) mass is 1640 g/mol. The molecule has 32 nitrogen and oxygen atoms in total. The summed E-state index contributed by atoms with van der Waals surface area (Å²) in [6.07, 6.45) is -0.770. The number of nitrogen functional groups attached to an aromatic ring is 4. The number of nitrogens with zero attached hydrogens (tertiary/aromatic N) is 20. The number of rotatable bonds is 0. The van der Waals surface area contributed by atoms with E-state index in [1.807, 2.05) is 0 Å². The second kappa shape index (κ2) is 33.2. The summed E-state index contributed by atoms with van der Waals surface area (Å²) in [5.74, 6) is -7.98. The summed E-state index contributed by atoms with van der Waals surface area (Å²) < 4.78 is 236. The number of aromatic nitrogens is 12. The SMILES string of the molecule is [2H]C([2H])([2H])N1C(=O)c2ccc(F)cc2[C@@H](C)Oc2cc(cnc2N)-c2c(nn(C)c2[N+]#[C-])C1([2H])[2H].[2H]C([2H])([2H])N1C(=O)c2ccc(F)cc2[C@@H](C)Oc2cc(cnc2N)-c2c(nn(C)c2[N+]#[C-])C1([2H])[2H].[2H]C1([2H])c2nn(C)c([N+]#[C-])c2-c2cnc(N)c(c2)O[C@@]([2H])(C([2H])([2H])[2H])c2cc(F)ccc2C(=O)N1C.[2H]C1([2H])c2nn(C)c([N+]#[C-])c2-c2cnc(N)c(c2)O[C@H](C)c2cc(F)ccc2C(=O)N1C. The number of nitrogens with two attached hydrogens (primary N) is 4. The van der Waals surface area contributed by atoms with Gasteiger partial charge in [0.25, 0.3) is 46.9 Å². The number of pyridine rings is 4. The number of aryl methyl sites for hydroxylation is 4. The lowest BCUT2D eigenvalue weighted by Crippen LogP contribution is -2.28. The van der Waals surface area contributed by atoms with Crippen LogP contribution in [-0.2, 0) is 54.2 Å². The van der Waals surface area contributed by atoms with Crippen molar-refractivity contribution in [3.8, 4) is 67.5 Å². The molecule has 0 spiro atoms. The second-order valence-corrected chi connectivity index (χ2v) is 26.6. The van der Waals surface area contributed by atoms with Crippen LogP contribution in [0.4, 0.5) is 64.1 Å². The highest BCUT2D eigenvalue weighted by Crippen LogP contribution is 2.45. The number of hydrogen-bond acceptors (Lipinski definition) is 20. The predicted molar refractivity (Wildman–Crippen MR) is 433 cm³/mol. The van der Waals surface area contributed by atoms with Gasteiger partial charge >= 0.3 is 0 Å². The van der Waals surface area contributed by atoms with Crippen LogP contribution in [0.15, 0.2) is 122 Å². The van der Waals surface area contributed by atoms with Crippen molar-refractivity contribution in [1.82, 2.24) is 78.7 Å². The van der Waals surface area contributed by atoms with Crippen LogP contribution in [0.3, 0.4) is 0 Å². The molecule has 4 atom stereocenters. The maximum atomic E-state index is 14.3. The third kappa shape index (κ3) is 16.0. The largest absolute Gasteiger partial charge is 0.482 e. The van der Waals surface area contributed by atoms with Crippen molar-refractivity contribution in [2.45, 2.75) is 78.0 Å². The molecule has 0 fully saturated rings. The van der Waals surface area contributed by atoms with Crippen LogP contribution in [0.1, 0.15) is 163 Å². The summed E-state index contributed by atoms with van der Waals surface area (Å²) in [7, 11) is 8.09. The van der Waals surface area contributed by atoms with Crippen LogP contribution in [0, 0.1) is 49.6 Å². The van der Waals surface area contributed by atoms with Gasteiger partial charge in [0.15, 0.2) is 46.3 Å². The zero-order valence-corrected chi connectivity index (χ0v) is 64.3. The number of hydrogen-bond donors (Lipinski definition) is 4. The number of ether oxygens (including phenoxy) is 4. The lowest BCUT2D eigenvalue weighted by Gasteiger charge is -2.23. The summed E-state index contributed by atoms with van der Waals surface area (Å²) in [6, 6.07) is 17.7. The van der Waals surface area contributed by atoms with Crippen molar-refractivity contribution in [3.05, 3.63) is 258 Å². The molecule has 0 aliphatic carbocycles. The van der Waals surface area contributed by atoms with Gasteiger partial charge in [-0.05, 0) is 147 Å². The molecule has 4 aliphatic rings. The van der Waals surface area contributed by atoms with E-state index in [-0.39, 0.29) is 157 Å². The van der Waals surface area contributed by atoms with Crippen molar-refractivity contribution >= 4 is 70.2 Å². The Balaban J connectivity index is 0.000000155. The molecule has 8 N–H and O–H groups in total. The first-order valence-corrected chi connectivity index (χ1v) is 35.2. The number of anilines is 4. The summed E-state index contributed by atoms with van der Waals surface area (Å²) >= 11 is 0. The van der Waals surface area contributed by atoms with Crippen LogP contribution in [-0.4, -0.2) is 130 Å². The van der Waals surface area contributed by atoms with E-state index in [0.29, 0.717) is 16.5 Å². The van der Waals surface area contributed by atoms with E-state index in [2.05, 4.69) is 59.7 Å². The lowest BCUT2D eigenvalue weighted by atomic mass is 10.0. The minimum atomic E-state index is -3.28. The molecule has 12 heterocycles. The van der Waals surface area contributed by atoms with Gasteiger partial charge in [0.1, 0.15) is 70.4 Å². The zero-order chi connectivity index (χ0) is 102. The Labute approximate surface area is 709 Å². The normalized spacial score (nSPS) is 20.7. The molecule has 4 amide bonds. The van der Waals surface area contributed by atoms with Crippen molar-refractivity contribution in [1.29, 1.82) is 0 Å². The minimum absolute atomic E-state index is 0.0199. The van der Waals surface area contributed by atoms with Gasteiger partial charge in [-0.2, -0.15) is 0 Å². The highest BCUT2D eigenvalue weighted by atomic mass is 19.1. The van der Waals surface area contributed by atoms with E-state index in [4.69, 9.17) is 92.8 Å². The van der Waals surface area contributed by atoms with Gasteiger partial charge in [0.2, 0.25) is 0 Å². The molecule has 4 aromatic carbocycles. The van der Waals surface area contributed by atoms with Gasteiger partial charge in [0, 0.05) is 132 Å². The molecule has 12 aromatic rings.